The number of piperazine rings is 1. The lowest BCUT2D eigenvalue weighted by Gasteiger charge is -2.35. The maximum absolute atomic E-state index is 12.8. The van der Waals surface area contributed by atoms with Crippen LogP contribution in [0, 0.1) is 10.1 Å². The first-order valence-electron chi connectivity index (χ1n) is 8.98. The van der Waals surface area contributed by atoms with Crippen LogP contribution >= 0.6 is 0 Å². The molecule has 10 nitrogen and oxygen atoms in total. The number of carbonyl (C=O) groups excluding carboxylic acids is 3. The molecular formula is C18H21N3O7. The van der Waals surface area contributed by atoms with Crippen molar-refractivity contribution >= 4 is 23.5 Å². The quantitative estimate of drug-likeness (QED) is 0.424. The number of nitrogens with zero attached hydrogens (tertiary/aromatic N) is 3. The molecule has 2 heterocycles. The molecule has 1 atom stereocenters. The number of methoxy groups -OCH3 is 1. The average molecular weight is 391 g/mol. The lowest BCUT2D eigenvalue weighted by Crippen LogP contribution is -2.52. The molecule has 2 fully saturated rings. The summed E-state index contributed by atoms with van der Waals surface area (Å²) in [6.07, 6.45) is 1.17. The van der Waals surface area contributed by atoms with Crippen molar-refractivity contribution in [3.63, 3.8) is 0 Å². The predicted octanol–water partition coefficient (Wildman–Crippen LogP) is 0.845. The third-order valence-corrected chi connectivity index (χ3v) is 4.88. The Labute approximate surface area is 161 Å². The number of carbonyl (C=O) groups is 3. The van der Waals surface area contributed by atoms with Gasteiger partial charge in [-0.25, -0.2) is 4.79 Å². The van der Waals surface area contributed by atoms with E-state index in [0.29, 0.717) is 39.2 Å². The second-order valence-corrected chi connectivity index (χ2v) is 6.64. The zero-order valence-electron chi connectivity index (χ0n) is 15.5. The second kappa shape index (κ2) is 8.34. The molecule has 2 saturated heterocycles. The Bertz CT molecular complexity index is 796. The molecular weight excluding hydrogens is 370 g/mol. The first-order valence-corrected chi connectivity index (χ1v) is 8.98. The molecule has 0 spiro atoms. The number of amides is 2. The number of benzene rings is 1. The van der Waals surface area contributed by atoms with E-state index < -0.39 is 22.9 Å². The fraction of sp³-hybridized carbons (Fsp3) is 0.500. The fourth-order valence-corrected chi connectivity index (χ4v) is 3.36. The van der Waals surface area contributed by atoms with Crippen molar-refractivity contribution in [3.8, 4) is 0 Å². The van der Waals surface area contributed by atoms with E-state index in [1.165, 1.54) is 11.0 Å². The predicted molar refractivity (Wildman–Crippen MR) is 95.9 cm³/mol. The largest absolute Gasteiger partial charge is 0.465 e. The van der Waals surface area contributed by atoms with Gasteiger partial charge in [-0.1, -0.05) is 0 Å². The van der Waals surface area contributed by atoms with Gasteiger partial charge >= 0.3 is 5.97 Å². The molecule has 0 aliphatic carbocycles. The van der Waals surface area contributed by atoms with Crippen LogP contribution in [0.15, 0.2) is 18.2 Å². The van der Waals surface area contributed by atoms with E-state index in [2.05, 4.69) is 4.74 Å². The molecule has 1 aromatic carbocycles. The van der Waals surface area contributed by atoms with E-state index in [4.69, 9.17) is 4.74 Å². The van der Waals surface area contributed by atoms with Crippen molar-refractivity contribution in [2.45, 2.75) is 18.9 Å². The summed E-state index contributed by atoms with van der Waals surface area (Å²) in [5.41, 5.74) is -0.390. The third kappa shape index (κ3) is 4.11. The van der Waals surface area contributed by atoms with Gasteiger partial charge in [-0.3, -0.25) is 19.7 Å². The smallest absolute Gasteiger partial charge is 0.338 e. The van der Waals surface area contributed by atoms with E-state index >= 15 is 0 Å². The topological polar surface area (TPSA) is 119 Å². The van der Waals surface area contributed by atoms with E-state index in [1.54, 1.807) is 4.90 Å². The monoisotopic (exact) mass is 391 g/mol. The summed E-state index contributed by atoms with van der Waals surface area (Å²) < 4.78 is 10.0. The van der Waals surface area contributed by atoms with Crippen molar-refractivity contribution in [1.29, 1.82) is 0 Å². The van der Waals surface area contributed by atoms with Gasteiger partial charge in [-0.2, -0.15) is 0 Å². The molecule has 10 heteroatoms. The zero-order chi connectivity index (χ0) is 20.3. The van der Waals surface area contributed by atoms with Gasteiger partial charge in [-0.05, 0) is 18.9 Å². The van der Waals surface area contributed by atoms with Crippen LogP contribution in [0.4, 0.5) is 5.69 Å². The number of hydrogen-bond donors (Lipinski definition) is 0. The van der Waals surface area contributed by atoms with Crippen molar-refractivity contribution in [3.05, 3.63) is 39.4 Å². The summed E-state index contributed by atoms with van der Waals surface area (Å²) in [7, 11) is 1.16. The highest BCUT2D eigenvalue weighted by molar-refractivity contribution is 5.99. The number of rotatable bonds is 4. The standard InChI is InChI=1S/C18H21N3O7/c1-27-18(24)13-9-12(10-14(11-13)21(25)26)16(22)19-4-6-20(7-5-19)17(23)15-3-2-8-28-15/h9-11,15H,2-8H2,1H3. The van der Waals surface area contributed by atoms with Crippen LogP contribution in [0.1, 0.15) is 33.6 Å². The highest BCUT2D eigenvalue weighted by Crippen LogP contribution is 2.21. The van der Waals surface area contributed by atoms with E-state index in [1.807, 2.05) is 0 Å². The minimum absolute atomic E-state index is 0.0357. The third-order valence-electron chi connectivity index (χ3n) is 4.88. The van der Waals surface area contributed by atoms with Gasteiger partial charge in [0.1, 0.15) is 6.10 Å². The molecule has 2 amide bonds. The van der Waals surface area contributed by atoms with Crippen LogP contribution in [0.5, 0.6) is 0 Å². The Hall–Kier alpha value is -3.01. The Morgan fingerprint density at radius 1 is 1.11 bits per heavy atom. The Balaban J connectivity index is 1.70. The van der Waals surface area contributed by atoms with Crippen molar-refractivity contribution in [1.82, 2.24) is 9.80 Å². The lowest BCUT2D eigenvalue weighted by atomic mass is 10.1. The molecule has 3 rings (SSSR count). The summed E-state index contributed by atoms with van der Waals surface area (Å²) >= 11 is 0. The molecule has 28 heavy (non-hydrogen) atoms. The van der Waals surface area contributed by atoms with Crippen LogP contribution < -0.4 is 0 Å². The summed E-state index contributed by atoms with van der Waals surface area (Å²) in [6, 6.07) is 3.49. The van der Waals surface area contributed by atoms with Crippen LogP contribution in [0.2, 0.25) is 0 Å². The van der Waals surface area contributed by atoms with Crippen molar-refractivity contribution in [2.75, 3.05) is 39.9 Å². The number of nitro benzene ring substituents is 1. The zero-order valence-corrected chi connectivity index (χ0v) is 15.5. The Kier molecular flexibility index (Phi) is 5.88. The normalized spacial score (nSPS) is 19.4. The Morgan fingerprint density at radius 2 is 1.75 bits per heavy atom. The van der Waals surface area contributed by atoms with Crippen LogP contribution in [0.25, 0.3) is 0 Å². The summed E-state index contributed by atoms with van der Waals surface area (Å²) in [5, 5.41) is 11.1. The van der Waals surface area contributed by atoms with Crippen LogP contribution in [-0.2, 0) is 14.3 Å². The molecule has 150 valence electrons. The average Bonchev–Trinajstić information content (AvgIpc) is 3.26. The molecule has 0 saturated carbocycles. The summed E-state index contributed by atoms with van der Waals surface area (Å²) in [6.45, 7) is 1.91. The van der Waals surface area contributed by atoms with Gasteiger partial charge in [0.2, 0.25) is 0 Å². The minimum atomic E-state index is -0.760. The molecule has 0 bridgehead atoms. The highest BCUT2D eigenvalue weighted by atomic mass is 16.6. The molecule has 1 aromatic rings. The number of esters is 1. The van der Waals surface area contributed by atoms with E-state index in [0.717, 1.165) is 25.7 Å². The molecule has 2 aliphatic rings. The maximum Gasteiger partial charge on any atom is 0.338 e. The van der Waals surface area contributed by atoms with Crippen LogP contribution in [0.3, 0.4) is 0 Å². The highest BCUT2D eigenvalue weighted by Gasteiger charge is 2.32. The van der Waals surface area contributed by atoms with Gasteiger partial charge in [0, 0.05) is 50.5 Å². The van der Waals surface area contributed by atoms with E-state index in [-0.39, 0.29) is 22.7 Å². The van der Waals surface area contributed by atoms with Gasteiger partial charge in [0.25, 0.3) is 17.5 Å². The number of nitro groups is 1. The fourth-order valence-electron chi connectivity index (χ4n) is 3.36. The van der Waals surface area contributed by atoms with Crippen LogP contribution in [-0.4, -0.2) is 78.5 Å². The molecule has 0 N–H and O–H groups in total. The Morgan fingerprint density at radius 3 is 2.32 bits per heavy atom. The number of non-ortho nitro benzene ring substituents is 1. The summed E-state index contributed by atoms with van der Waals surface area (Å²) in [5.74, 6) is -1.25. The summed E-state index contributed by atoms with van der Waals surface area (Å²) in [4.78, 5) is 50.6. The number of ether oxygens (including phenoxy) is 2. The first-order chi connectivity index (χ1) is 13.4. The van der Waals surface area contributed by atoms with Gasteiger partial charge in [0.05, 0.1) is 17.6 Å². The van der Waals surface area contributed by atoms with Gasteiger partial charge < -0.3 is 19.3 Å². The maximum atomic E-state index is 12.8. The number of hydrogen-bond acceptors (Lipinski definition) is 7. The van der Waals surface area contributed by atoms with Crippen molar-refractivity contribution < 1.29 is 28.8 Å². The molecule has 1 unspecified atom stereocenters. The molecule has 0 radical (unpaired) electrons. The SMILES string of the molecule is COC(=O)c1cc(C(=O)N2CCN(C(=O)C3CCCO3)CC2)cc([N+](=O)[O-])c1. The molecule has 2 aliphatic heterocycles. The molecule has 0 aromatic heterocycles. The first kappa shape index (κ1) is 19.7. The lowest BCUT2D eigenvalue weighted by molar-refractivity contribution is -0.384. The van der Waals surface area contributed by atoms with E-state index in [9.17, 15) is 24.5 Å². The minimum Gasteiger partial charge on any atom is -0.465 e. The van der Waals surface area contributed by atoms with Crippen molar-refractivity contribution in [2.24, 2.45) is 0 Å². The van der Waals surface area contributed by atoms with Gasteiger partial charge in [0.15, 0.2) is 0 Å². The second-order valence-electron chi connectivity index (χ2n) is 6.64. The van der Waals surface area contributed by atoms with Gasteiger partial charge in [-0.15, -0.1) is 0 Å².